The Morgan fingerprint density at radius 1 is 1.47 bits per heavy atom. The van der Waals surface area contributed by atoms with E-state index in [1.165, 1.54) is 6.92 Å². The Bertz CT molecular complexity index is 661. The third kappa shape index (κ3) is 2.40. The second-order valence-corrected chi connectivity index (χ2v) is 4.74. The van der Waals surface area contributed by atoms with Crippen LogP contribution in [-0.2, 0) is 4.79 Å². The van der Waals surface area contributed by atoms with E-state index in [-0.39, 0.29) is 5.97 Å². The SMILES string of the molecule is CC(=O)Oc1ccc2c(C)c(Br)c(=S)oc2c1. The number of carbonyl (C=O) groups excluding carboxylic acids is 1. The van der Waals surface area contributed by atoms with Crippen LogP contribution in [0.15, 0.2) is 27.1 Å². The third-order valence-corrected chi connectivity index (χ3v) is 3.83. The van der Waals surface area contributed by atoms with Crippen molar-refractivity contribution in [1.82, 2.24) is 0 Å². The Balaban J connectivity index is 2.67. The summed E-state index contributed by atoms with van der Waals surface area (Å²) in [5.74, 6) is 0.0849. The zero-order valence-electron chi connectivity index (χ0n) is 9.24. The molecule has 0 radical (unpaired) electrons. The molecule has 0 aliphatic rings. The van der Waals surface area contributed by atoms with Gasteiger partial charge in [-0.15, -0.1) is 0 Å². The zero-order chi connectivity index (χ0) is 12.6. The molecule has 5 heteroatoms. The molecular weight excluding hydrogens is 304 g/mol. The molecule has 0 spiro atoms. The largest absolute Gasteiger partial charge is 0.444 e. The van der Waals surface area contributed by atoms with E-state index in [0.29, 0.717) is 16.0 Å². The molecule has 0 saturated carbocycles. The van der Waals surface area contributed by atoms with E-state index in [1.54, 1.807) is 12.1 Å². The maximum Gasteiger partial charge on any atom is 0.308 e. The Kier molecular flexibility index (Phi) is 3.31. The van der Waals surface area contributed by atoms with Crippen LogP contribution in [0, 0.1) is 11.6 Å². The molecule has 2 rings (SSSR count). The minimum atomic E-state index is -0.364. The number of carbonyl (C=O) groups is 1. The molecule has 1 heterocycles. The van der Waals surface area contributed by atoms with E-state index in [1.807, 2.05) is 13.0 Å². The van der Waals surface area contributed by atoms with Crippen LogP contribution in [0.2, 0.25) is 0 Å². The van der Waals surface area contributed by atoms with Crippen molar-refractivity contribution in [3.63, 3.8) is 0 Å². The molecule has 0 unspecified atom stereocenters. The number of rotatable bonds is 1. The van der Waals surface area contributed by atoms with E-state index in [4.69, 9.17) is 21.4 Å². The molecule has 88 valence electrons. The summed E-state index contributed by atoms with van der Waals surface area (Å²) in [6, 6.07) is 5.22. The maximum atomic E-state index is 10.9. The molecule has 0 aliphatic heterocycles. The molecule has 1 aromatic carbocycles. The van der Waals surface area contributed by atoms with E-state index in [2.05, 4.69) is 15.9 Å². The van der Waals surface area contributed by atoms with Crippen LogP contribution in [0.4, 0.5) is 0 Å². The van der Waals surface area contributed by atoms with Gasteiger partial charge in [0.15, 0.2) is 0 Å². The Morgan fingerprint density at radius 2 is 2.18 bits per heavy atom. The fourth-order valence-corrected chi connectivity index (χ4v) is 2.08. The first kappa shape index (κ1) is 12.3. The van der Waals surface area contributed by atoms with Crippen molar-refractivity contribution >= 4 is 45.1 Å². The summed E-state index contributed by atoms with van der Waals surface area (Å²) in [5, 5.41) is 0.932. The van der Waals surface area contributed by atoms with Crippen molar-refractivity contribution in [3.05, 3.63) is 32.9 Å². The number of halogens is 1. The van der Waals surface area contributed by atoms with Crippen LogP contribution < -0.4 is 4.74 Å². The Morgan fingerprint density at radius 3 is 2.82 bits per heavy atom. The predicted molar refractivity (Wildman–Crippen MR) is 70.8 cm³/mol. The minimum absolute atomic E-state index is 0.364. The number of ether oxygens (including phenoxy) is 1. The lowest BCUT2D eigenvalue weighted by Gasteiger charge is -2.06. The second kappa shape index (κ2) is 4.58. The van der Waals surface area contributed by atoms with Gasteiger partial charge in [0.1, 0.15) is 11.3 Å². The highest BCUT2D eigenvalue weighted by atomic mass is 79.9. The van der Waals surface area contributed by atoms with Crippen molar-refractivity contribution < 1.29 is 13.9 Å². The van der Waals surface area contributed by atoms with E-state index >= 15 is 0 Å². The lowest BCUT2D eigenvalue weighted by atomic mass is 10.1. The van der Waals surface area contributed by atoms with E-state index in [9.17, 15) is 4.79 Å². The molecule has 2 aromatic rings. The van der Waals surface area contributed by atoms with Crippen LogP contribution in [-0.4, -0.2) is 5.97 Å². The van der Waals surface area contributed by atoms with E-state index < -0.39 is 0 Å². The number of fused-ring (bicyclic) bond motifs is 1. The Labute approximate surface area is 112 Å². The van der Waals surface area contributed by atoms with Gasteiger partial charge < -0.3 is 9.15 Å². The van der Waals surface area contributed by atoms with Gasteiger partial charge in [-0.3, -0.25) is 4.79 Å². The van der Waals surface area contributed by atoms with Gasteiger partial charge in [0, 0.05) is 18.4 Å². The van der Waals surface area contributed by atoms with Gasteiger partial charge in [0.25, 0.3) is 0 Å². The van der Waals surface area contributed by atoms with Crippen molar-refractivity contribution in [2.75, 3.05) is 0 Å². The molecular formula is C12H9BrO3S. The van der Waals surface area contributed by atoms with Crippen molar-refractivity contribution in [2.45, 2.75) is 13.8 Å². The number of benzene rings is 1. The molecule has 0 amide bonds. The topological polar surface area (TPSA) is 39.4 Å². The number of aryl methyl sites for hydroxylation is 1. The number of hydrogen-bond donors (Lipinski definition) is 0. The smallest absolute Gasteiger partial charge is 0.308 e. The molecule has 17 heavy (non-hydrogen) atoms. The second-order valence-electron chi connectivity index (χ2n) is 3.58. The third-order valence-electron chi connectivity index (χ3n) is 2.33. The summed E-state index contributed by atoms with van der Waals surface area (Å²) < 4.78 is 11.6. The van der Waals surface area contributed by atoms with Crippen LogP contribution in [0.25, 0.3) is 11.0 Å². The normalized spacial score (nSPS) is 10.5. The van der Waals surface area contributed by atoms with Gasteiger partial charge in [-0.2, -0.15) is 0 Å². The van der Waals surface area contributed by atoms with Gasteiger partial charge in [-0.25, -0.2) is 0 Å². The predicted octanol–water partition coefficient (Wildman–Crippen LogP) is 4.16. The van der Waals surface area contributed by atoms with Crippen molar-refractivity contribution in [3.8, 4) is 5.75 Å². The molecule has 0 fully saturated rings. The van der Waals surface area contributed by atoms with Gasteiger partial charge in [-0.1, -0.05) is 0 Å². The molecule has 0 saturated heterocycles. The Hall–Kier alpha value is -1.20. The molecule has 0 aliphatic carbocycles. The monoisotopic (exact) mass is 312 g/mol. The maximum absolute atomic E-state index is 10.9. The summed E-state index contributed by atoms with van der Waals surface area (Å²) in [6.07, 6.45) is 0. The fraction of sp³-hybridized carbons (Fsp3) is 0.167. The summed E-state index contributed by atoms with van der Waals surface area (Å²) in [4.78, 5) is 10.9. The standard InChI is InChI=1S/C12H9BrO3S/c1-6-9-4-3-8(15-7(2)14)5-10(9)16-12(17)11(6)13/h3-5H,1-2H3. The van der Waals surface area contributed by atoms with Gasteiger partial charge in [-0.05, 0) is 52.8 Å². The average molecular weight is 313 g/mol. The lowest BCUT2D eigenvalue weighted by Crippen LogP contribution is -2.01. The first-order valence-electron chi connectivity index (χ1n) is 4.90. The highest BCUT2D eigenvalue weighted by Crippen LogP contribution is 2.29. The molecule has 3 nitrogen and oxygen atoms in total. The quantitative estimate of drug-likeness (QED) is 0.450. The summed E-state index contributed by atoms with van der Waals surface area (Å²) in [5.41, 5.74) is 1.61. The zero-order valence-corrected chi connectivity index (χ0v) is 11.6. The highest BCUT2D eigenvalue weighted by molar-refractivity contribution is 9.10. The van der Waals surface area contributed by atoms with Crippen molar-refractivity contribution in [2.24, 2.45) is 0 Å². The first-order chi connectivity index (χ1) is 7.99. The van der Waals surface area contributed by atoms with Crippen LogP contribution in [0.5, 0.6) is 5.75 Å². The van der Waals surface area contributed by atoms with Crippen molar-refractivity contribution in [1.29, 1.82) is 0 Å². The lowest BCUT2D eigenvalue weighted by molar-refractivity contribution is -0.131. The highest BCUT2D eigenvalue weighted by Gasteiger charge is 2.08. The van der Waals surface area contributed by atoms with Crippen LogP contribution >= 0.6 is 28.1 Å². The van der Waals surface area contributed by atoms with Gasteiger partial charge in [0.05, 0.1) is 4.47 Å². The molecule has 1 aromatic heterocycles. The summed E-state index contributed by atoms with van der Waals surface area (Å²) in [7, 11) is 0. The minimum Gasteiger partial charge on any atom is -0.444 e. The summed E-state index contributed by atoms with van der Waals surface area (Å²) in [6.45, 7) is 3.30. The van der Waals surface area contributed by atoms with Gasteiger partial charge >= 0.3 is 5.97 Å². The number of hydrogen-bond acceptors (Lipinski definition) is 4. The van der Waals surface area contributed by atoms with Crippen LogP contribution in [0.3, 0.4) is 0 Å². The van der Waals surface area contributed by atoms with E-state index in [0.717, 1.165) is 15.4 Å². The fourth-order valence-electron chi connectivity index (χ4n) is 1.54. The summed E-state index contributed by atoms with van der Waals surface area (Å²) >= 11 is 8.45. The molecule has 0 N–H and O–H groups in total. The molecule has 0 atom stereocenters. The first-order valence-corrected chi connectivity index (χ1v) is 6.10. The molecule has 0 bridgehead atoms. The number of esters is 1. The van der Waals surface area contributed by atoms with Crippen LogP contribution in [0.1, 0.15) is 12.5 Å². The average Bonchev–Trinajstić information content (AvgIpc) is 2.25. The van der Waals surface area contributed by atoms with Gasteiger partial charge in [0.2, 0.25) is 4.71 Å².